The third-order valence-electron chi connectivity index (χ3n) is 3.08. The third kappa shape index (κ3) is 4.10. The molecule has 0 aliphatic carbocycles. The molecule has 0 atom stereocenters. The van der Waals surface area contributed by atoms with Crippen LogP contribution in [0.2, 0.25) is 0 Å². The number of non-ortho nitro benzene ring substituents is 1. The van der Waals surface area contributed by atoms with Gasteiger partial charge < -0.3 is 20.5 Å². The van der Waals surface area contributed by atoms with Crippen LogP contribution in [0.3, 0.4) is 0 Å². The van der Waals surface area contributed by atoms with Crippen LogP contribution in [-0.4, -0.2) is 23.2 Å². The number of hydrogen-bond acceptors (Lipinski definition) is 5. The van der Waals surface area contributed by atoms with Crippen molar-refractivity contribution in [2.75, 3.05) is 12.4 Å². The van der Waals surface area contributed by atoms with Crippen molar-refractivity contribution in [1.29, 1.82) is 0 Å². The van der Waals surface area contributed by atoms with Gasteiger partial charge in [0.2, 0.25) is 0 Å². The maximum atomic E-state index is 11.8. The van der Waals surface area contributed by atoms with E-state index in [4.69, 9.17) is 4.74 Å². The largest absolute Gasteiger partial charge is 0.504 e. The summed E-state index contributed by atoms with van der Waals surface area (Å²) in [6.45, 7) is 0.0991. The third-order valence-corrected chi connectivity index (χ3v) is 3.08. The van der Waals surface area contributed by atoms with Crippen molar-refractivity contribution >= 4 is 17.4 Å². The van der Waals surface area contributed by atoms with Crippen molar-refractivity contribution in [3.8, 4) is 11.5 Å². The number of nitro groups is 1. The fraction of sp³-hybridized carbons (Fsp3) is 0.133. The lowest BCUT2D eigenvalue weighted by Gasteiger charge is -2.10. The highest BCUT2D eigenvalue weighted by molar-refractivity contribution is 5.89. The summed E-state index contributed by atoms with van der Waals surface area (Å²) in [4.78, 5) is 21.8. The molecule has 2 rings (SSSR count). The van der Waals surface area contributed by atoms with Gasteiger partial charge >= 0.3 is 6.03 Å². The Morgan fingerprint density at radius 1 is 1.26 bits per heavy atom. The lowest BCUT2D eigenvalue weighted by molar-refractivity contribution is -0.384. The number of methoxy groups -OCH3 is 1. The van der Waals surface area contributed by atoms with E-state index in [2.05, 4.69) is 10.6 Å². The molecular weight excluding hydrogens is 302 g/mol. The van der Waals surface area contributed by atoms with Crippen molar-refractivity contribution in [3.05, 3.63) is 58.1 Å². The highest BCUT2D eigenvalue weighted by Gasteiger charge is 2.09. The number of phenolic OH excluding ortho intramolecular Hbond substituents is 1. The number of nitro benzene ring substituents is 1. The second kappa shape index (κ2) is 7.12. The number of aromatic hydroxyl groups is 1. The number of rotatable bonds is 5. The van der Waals surface area contributed by atoms with Gasteiger partial charge in [-0.3, -0.25) is 10.1 Å². The molecular formula is C15H15N3O5. The summed E-state index contributed by atoms with van der Waals surface area (Å²) in [7, 11) is 1.44. The molecule has 120 valence electrons. The Morgan fingerprint density at radius 2 is 1.96 bits per heavy atom. The second-order valence-electron chi connectivity index (χ2n) is 4.58. The highest BCUT2D eigenvalue weighted by Crippen LogP contribution is 2.29. The summed E-state index contributed by atoms with van der Waals surface area (Å²) < 4.78 is 4.99. The molecule has 8 nitrogen and oxygen atoms in total. The number of phenols is 1. The molecule has 0 heterocycles. The van der Waals surface area contributed by atoms with Gasteiger partial charge in [-0.15, -0.1) is 0 Å². The molecule has 0 aliphatic rings. The zero-order chi connectivity index (χ0) is 16.8. The van der Waals surface area contributed by atoms with Crippen LogP contribution < -0.4 is 15.4 Å². The van der Waals surface area contributed by atoms with Crippen LogP contribution in [0.5, 0.6) is 11.5 Å². The number of nitrogens with zero attached hydrogens (tertiary/aromatic N) is 1. The fourth-order valence-corrected chi connectivity index (χ4v) is 1.89. The molecule has 0 saturated carbocycles. The molecule has 0 unspecified atom stereocenters. The first-order valence-corrected chi connectivity index (χ1v) is 6.65. The second-order valence-corrected chi connectivity index (χ2v) is 4.58. The first-order valence-electron chi connectivity index (χ1n) is 6.65. The zero-order valence-corrected chi connectivity index (χ0v) is 12.3. The zero-order valence-electron chi connectivity index (χ0n) is 12.3. The normalized spacial score (nSPS) is 9.96. The summed E-state index contributed by atoms with van der Waals surface area (Å²) in [5, 5.41) is 25.6. The molecule has 2 amide bonds. The van der Waals surface area contributed by atoms with Gasteiger partial charge in [0.25, 0.3) is 5.69 Å². The van der Waals surface area contributed by atoms with Crippen LogP contribution in [0.1, 0.15) is 5.56 Å². The average Bonchev–Trinajstić information content (AvgIpc) is 2.54. The average molecular weight is 317 g/mol. The number of carbonyl (C=O) groups is 1. The predicted molar refractivity (Wildman–Crippen MR) is 83.6 cm³/mol. The molecule has 8 heteroatoms. The molecule has 0 bridgehead atoms. The minimum Gasteiger partial charge on any atom is -0.504 e. The number of ether oxygens (including phenoxy) is 1. The lowest BCUT2D eigenvalue weighted by Crippen LogP contribution is -2.28. The van der Waals surface area contributed by atoms with Gasteiger partial charge in [-0.1, -0.05) is 12.1 Å². The molecule has 0 spiro atoms. The summed E-state index contributed by atoms with van der Waals surface area (Å²) in [6.07, 6.45) is 0. The Bertz CT molecular complexity index is 716. The Hall–Kier alpha value is -3.29. The Labute approximate surface area is 131 Å². The summed E-state index contributed by atoms with van der Waals surface area (Å²) in [5.74, 6) is 0.283. The van der Waals surface area contributed by atoms with Crippen molar-refractivity contribution in [3.63, 3.8) is 0 Å². The first kappa shape index (κ1) is 16.1. The molecule has 2 aromatic carbocycles. The summed E-state index contributed by atoms with van der Waals surface area (Å²) in [5.41, 5.74) is 0.864. The maximum Gasteiger partial charge on any atom is 0.319 e. The van der Waals surface area contributed by atoms with E-state index >= 15 is 0 Å². The van der Waals surface area contributed by atoms with Crippen LogP contribution in [0.25, 0.3) is 0 Å². The van der Waals surface area contributed by atoms with Gasteiger partial charge in [-0.25, -0.2) is 4.79 Å². The standard InChI is InChI=1S/C15H15N3O5/c1-23-13-4-2-3-10(14(13)19)9-16-15(20)17-11-5-7-12(8-6-11)18(21)22/h2-8,19H,9H2,1H3,(H2,16,17,20). The Balaban J connectivity index is 1.94. The fourth-order valence-electron chi connectivity index (χ4n) is 1.89. The molecule has 0 aliphatic heterocycles. The van der Waals surface area contributed by atoms with Crippen LogP contribution in [0.4, 0.5) is 16.2 Å². The summed E-state index contributed by atoms with van der Waals surface area (Å²) in [6, 6.07) is 9.92. The van der Waals surface area contributed by atoms with E-state index < -0.39 is 11.0 Å². The SMILES string of the molecule is COc1cccc(CNC(=O)Nc2ccc([N+](=O)[O-])cc2)c1O. The van der Waals surface area contributed by atoms with E-state index in [1.165, 1.54) is 31.4 Å². The monoisotopic (exact) mass is 317 g/mol. The van der Waals surface area contributed by atoms with Crippen molar-refractivity contribution in [2.45, 2.75) is 6.54 Å². The van der Waals surface area contributed by atoms with Gasteiger partial charge in [0, 0.05) is 29.9 Å². The van der Waals surface area contributed by atoms with Gasteiger partial charge in [-0.2, -0.15) is 0 Å². The molecule has 0 radical (unpaired) electrons. The van der Waals surface area contributed by atoms with Crippen molar-refractivity contribution in [1.82, 2.24) is 5.32 Å². The molecule has 2 aromatic rings. The molecule has 3 N–H and O–H groups in total. The molecule has 0 fully saturated rings. The smallest absolute Gasteiger partial charge is 0.319 e. The minimum atomic E-state index is -0.518. The number of nitrogens with one attached hydrogen (secondary N) is 2. The highest BCUT2D eigenvalue weighted by atomic mass is 16.6. The van der Waals surface area contributed by atoms with E-state index in [9.17, 15) is 20.0 Å². The number of hydrogen-bond donors (Lipinski definition) is 3. The predicted octanol–water partition coefficient (Wildman–Crippen LogP) is 2.63. The van der Waals surface area contributed by atoms with Crippen molar-refractivity contribution < 1.29 is 19.6 Å². The van der Waals surface area contributed by atoms with Gasteiger partial charge in [0.1, 0.15) is 0 Å². The Kier molecular flexibility index (Phi) is 4.98. The van der Waals surface area contributed by atoms with Crippen molar-refractivity contribution in [2.24, 2.45) is 0 Å². The number of amides is 2. The van der Waals surface area contributed by atoms with Gasteiger partial charge in [0.15, 0.2) is 11.5 Å². The maximum absolute atomic E-state index is 11.8. The topological polar surface area (TPSA) is 114 Å². The lowest BCUT2D eigenvalue weighted by atomic mass is 10.2. The molecule has 23 heavy (non-hydrogen) atoms. The summed E-state index contributed by atoms with van der Waals surface area (Å²) >= 11 is 0. The van der Waals surface area contributed by atoms with E-state index in [1.807, 2.05) is 0 Å². The van der Waals surface area contributed by atoms with E-state index in [1.54, 1.807) is 18.2 Å². The number of benzene rings is 2. The number of anilines is 1. The van der Waals surface area contributed by atoms with E-state index in [0.29, 0.717) is 17.0 Å². The molecule has 0 saturated heterocycles. The van der Waals surface area contributed by atoms with E-state index in [0.717, 1.165) is 0 Å². The molecule has 0 aromatic heterocycles. The van der Waals surface area contributed by atoms with E-state index in [-0.39, 0.29) is 18.0 Å². The van der Waals surface area contributed by atoms with Crippen LogP contribution in [0.15, 0.2) is 42.5 Å². The van der Waals surface area contributed by atoms with Crippen LogP contribution in [-0.2, 0) is 6.54 Å². The number of urea groups is 1. The van der Waals surface area contributed by atoms with Crippen LogP contribution >= 0.6 is 0 Å². The minimum absolute atomic E-state index is 0.0364. The number of carbonyl (C=O) groups excluding carboxylic acids is 1. The first-order chi connectivity index (χ1) is 11.0. The quantitative estimate of drug-likeness (QED) is 0.579. The Morgan fingerprint density at radius 3 is 2.57 bits per heavy atom. The van der Waals surface area contributed by atoms with Gasteiger partial charge in [0.05, 0.1) is 12.0 Å². The van der Waals surface area contributed by atoms with Gasteiger partial charge in [-0.05, 0) is 18.2 Å². The van der Waals surface area contributed by atoms with Crippen LogP contribution in [0, 0.1) is 10.1 Å². The number of para-hydroxylation sites is 1.